The van der Waals surface area contributed by atoms with Crippen LogP contribution in [0.4, 0.5) is 0 Å². The second kappa shape index (κ2) is 11.1. The first-order valence-corrected chi connectivity index (χ1v) is 20.8. The van der Waals surface area contributed by atoms with Crippen LogP contribution in [-0.4, -0.2) is 22.6 Å². The van der Waals surface area contributed by atoms with Gasteiger partial charge in [0, 0.05) is 32.9 Å². The number of rotatable bonds is 2. The predicted octanol–water partition coefficient (Wildman–Crippen LogP) is 9.09. The lowest BCUT2D eigenvalue weighted by atomic mass is 9.34. The standard InChI is InChI=1S/C54H30B2N2O2/c1-3-11-31(12-4-1)33-19-24-42-40(29-33)55-38-15-7-9-17-45(38)60-48-28-23-37-49-44(57(42)54(37)51(48)55)26-21-35-36-22-27-47-50-53(36)58(52(35)49)43-25-20-34(32-13-5-2-6-14-32)30-41(43)56(50)39-16-8-10-18-46(39)59-47/h1-30H. The summed E-state index contributed by atoms with van der Waals surface area (Å²) < 4.78 is 18.7. The van der Waals surface area contributed by atoms with Crippen LogP contribution < -0.4 is 42.3 Å². The van der Waals surface area contributed by atoms with E-state index >= 15 is 0 Å². The van der Waals surface area contributed by atoms with Gasteiger partial charge >= 0.3 is 0 Å². The molecule has 0 saturated heterocycles. The van der Waals surface area contributed by atoms with Crippen molar-refractivity contribution in [1.82, 2.24) is 9.13 Å². The number of benzene rings is 9. The van der Waals surface area contributed by atoms with Crippen molar-refractivity contribution in [3.63, 3.8) is 0 Å². The first-order valence-electron chi connectivity index (χ1n) is 20.8. The number of hydrogen-bond acceptors (Lipinski definition) is 2. The average Bonchev–Trinajstić information content (AvgIpc) is 3.84. The molecule has 4 nitrogen and oxygen atoms in total. The van der Waals surface area contributed by atoms with Gasteiger partial charge in [-0.3, -0.25) is 0 Å². The average molecular weight is 760 g/mol. The molecule has 6 heteroatoms. The SMILES string of the molecule is c1ccc(-c2ccc3c(c2)B2c4ccccc4Oc4ccc5c6c(ccc7c8ccc9c%10c8n(c76)-c6ccc(-c7ccccc7)cc6B%10c6ccccc6O9)n-3c5c42)cc1. The van der Waals surface area contributed by atoms with Gasteiger partial charge in [0.05, 0.1) is 22.1 Å². The minimum Gasteiger partial charge on any atom is -0.458 e. The van der Waals surface area contributed by atoms with Crippen molar-refractivity contribution in [3.05, 3.63) is 182 Å². The minimum absolute atomic E-state index is 0.0199. The summed E-state index contributed by atoms with van der Waals surface area (Å²) in [6.07, 6.45) is 0. The summed E-state index contributed by atoms with van der Waals surface area (Å²) in [5.41, 5.74) is 19.6. The van der Waals surface area contributed by atoms with Crippen LogP contribution in [0.1, 0.15) is 0 Å². The van der Waals surface area contributed by atoms with Gasteiger partial charge in [-0.2, -0.15) is 0 Å². The maximum atomic E-state index is 6.81. The monoisotopic (exact) mass is 760 g/mol. The molecule has 4 aliphatic rings. The number of para-hydroxylation sites is 2. The number of fused-ring (bicyclic) bond motifs is 17. The molecule has 15 rings (SSSR count). The summed E-state index contributed by atoms with van der Waals surface area (Å²) in [6, 6.07) is 66.6. The molecule has 0 spiro atoms. The van der Waals surface area contributed by atoms with Gasteiger partial charge in [0.25, 0.3) is 13.4 Å². The van der Waals surface area contributed by atoms with Crippen LogP contribution in [0.25, 0.3) is 77.2 Å². The van der Waals surface area contributed by atoms with Crippen molar-refractivity contribution >= 4 is 89.8 Å². The van der Waals surface area contributed by atoms with Crippen LogP contribution in [0, 0.1) is 0 Å². The lowest BCUT2D eigenvalue weighted by molar-refractivity contribution is 0.487. The van der Waals surface area contributed by atoms with Crippen LogP contribution in [0.2, 0.25) is 0 Å². The van der Waals surface area contributed by atoms with Crippen molar-refractivity contribution in [3.8, 4) is 56.6 Å². The van der Waals surface area contributed by atoms with Gasteiger partial charge in [0.1, 0.15) is 23.0 Å². The first kappa shape index (κ1) is 31.3. The number of hydrogen-bond donors (Lipinski definition) is 0. The lowest BCUT2D eigenvalue weighted by Crippen LogP contribution is -2.58. The van der Waals surface area contributed by atoms with Crippen LogP contribution in [-0.2, 0) is 0 Å². The highest BCUT2D eigenvalue weighted by atomic mass is 16.5. The molecule has 9 aromatic carbocycles. The molecule has 0 radical (unpaired) electrons. The molecule has 60 heavy (non-hydrogen) atoms. The quantitative estimate of drug-likeness (QED) is 0.165. The summed E-state index contributed by atoms with van der Waals surface area (Å²) in [5, 5.41) is 4.97. The molecule has 0 N–H and O–H groups in total. The van der Waals surface area contributed by atoms with E-state index < -0.39 is 0 Å². The van der Waals surface area contributed by atoms with Crippen molar-refractivity contribution in [2.24, 2.45) is 0 Å². The van der Waals surface area contributed by atoms with E-state index in [1.165, 1.54) is 110 Å². The van der Waals surface area contributed by atoms with E-state index in [4.69, 9.17) is 9.47 Å². The van der Waals surface area contributed by atoms with Gasteiger partial charge in [-0.25, -0.2) is 0 Å². The molecular formula is C54H30B2N2O2. The molecule has 4 aliphatic heterocycles. The Kier molecular flexibility index (Phi) is 5.78. The molecule has 0 unspecified atom stereocenters. The van der Waals surface area contributed by atoms with Crippen molar-refractivity contribution < 1.29 is 9.47 Å². The third-order valence-electron chi connectivity index (χ3n) is 13.8. The predicted molar refractivity (Wildman–Crippen MR) is 248 cm³/mol. The smallest absolute Gasteiger partial charge is 0.256 e. The molecule has 0 aliphatic carbocycles. The van der Waals surface area contributed by atoms with Gasteiger partial charge in [0.15, 0.2) is 0 Å². The highest BCUT2D eigenvalue weighted by Gasteiger charge is 2.43. The van der Waals surface area contributed by atoms with Gasteiger partial charge in [-0.15, -0.1) is 0 Å². The fraction of sp³-hybridized carbons (Fsp3) is 0. The lowest BCUT2D eigenvalue weighted by Gasteiger charge is -2.33. The molecule has 0 amide bonds. The van der Waals surface area contributed by atoms with Gasteiger partial charge in [-0.1, -0.05) is 127 Å². The Morgan fingerprint density at radius 3 is 1.42 bits per heavy atom. The van der Waals surface area contributed by atoms with E-state index in [2.05, 4.69) is 191 Å². The summed E-state index contributed by atoms with van der Waals surface area (Å²) in [7, 11) is 0. The molecular weight excluding hydrogens is 730 g/mol. The van der Waals surface area contributed by atoms with E-state index in [1.807, 2.05) is 0 Å². The van der Waals surface area contributed by atoms with E-state index in [0.717, 1.165) is 23.0 Å². The Balaban J connectivity index is 1.10. The second-order valence-corrected chi connectivity index (χ2v) is 16.7. The molecule has 274 valence electrons. The molecule has 2 aromatic heterocycles. The molecule has 0 fully saturated rings. The maximum absolute atomic E-state index is 6.81. The highest BCUT2D eigenvalue weighted by molar-refractivity contribution is 7.00. The number of aromatic nitrogens is 2. The maximum Gasteiger partial charge on any atom is 0.256 e. The van der Waals surface area contributed by atoms with Crippen LogP contribution in [0.5, 0.6) is 23.0 Å². The fourth-order valence-electron chi connectivity index (χ4n) is 11.4. The highest BCUT2D eigenvalue weighted by Crippen LogP contribution is 2.46. The summed E-state index contributed by atoms with van der Waals surface area (Å²) in [5.74, 6) is 3.71. The Morgan fingerprint density at radius 1 is 0.333 bits per heavy atom. The Bertz CT molecular complexity index is 3740. The zero-order chi connectivity index (χ0) is 38.8. The molecule has 0 saturated carbocycles. The third kappa shape index (κ3) is 3.80. The van der Waals surface area contributed by atoms with Gasteiger partial charge in [-0.05, 0) is 110 Å². The molecule has 0 bridgehead atoms. The minimum atomic E-state index is 0.0199. The second-order valence-electron chi connectivity index (χ2n) is 16.7. The first-order chi connectivity index (χ1) is 29.8. The number of ether oxygens (including phenoxy) is 2. The Hall–Kier alpha value is -7.69. The van der Waals surface area contributed by atoms with Gasteiger partial charge < -0.3 is 18.6 Å². The van der Waals surface area contributed by atoms with Crippen LogP contribution in [0.3, 0.4) is 0 Å². The molecule has 0 atom stereocenters. The summed E-state index contributed by atoms with van der Waals surface area (Å²) in [4.78, 5) is 0. The summed E-state index contributed by atoms with van der Waals surface area (Å²) in [6.45, 7) is 0.0465. The zero-order valence-corrected chi connectivity index (χ0v) is 32.2. The third-order valence-corrected chi connectivity index (χ3v) is 13.8. The van der Waals surface area contributed by atoms with E-state index in [0.29, 0.717) is 0 Å². The van der Waals surface area contributed by atoms with E-state index in [9.17, 15) is 0 Å². The van der Waals surface area contributed by atoms with E-state index in [-0.39, 0.29) is 13.4 Å². The van der Waals surface area contributed by atoms with E-state index in [1.54, 1.807) is 0 Å². The zero-order valence-electron chi connectivity index (χ0n) is 32.2. The molecule has 6 heterocycles. The Morgan fingerprint density at radius 2 is 0.817 bits per heavy atom. The van der Waals surface area contributed by atoms with Gasteiger partial charge in [0.2, 0.25) is 0 Å². The van der Waals surface area contributed by atoms with Crippen molar-refractivity contribution in [1.29, 1.82) is 0 Å². The number of nitrogens with zero attached hydrogens (tertiary/aromatic N) is 2. The molecule has 11 aromatic rings. The Labute approximate surface area is 345 Å². The van der Waals surface area contributed by atoms with Crippen molar-refractivity contribution in [2.45, 2.75) is 0 Å². The topological polar surface area (TPSA) is 28.3 Å². The van der Waals surface area contributed by atoms with Crippen molar-refractivity contribution in [2.75, 3.05) is 0 Å². The van der Waals surface area contributed by atoms with Crippen LogP contribution >= 0.6 is 0 Å². The largest absolute Gasteiger partial charge is 0.458 e. The van der Waals surface area contributed by atoms with Crippen LogP contribution in [0.15, 0.2) is 182 Å². The fourth-order valence-corrected chi connectivity index (χ4v) is 11.4. The normalized spacial score (nSPS) is 13.5. The summed E-state index contributed by atoms with van der Waals surface area (Å²) >= 11 is 0.